The first kappa shape index (κ1) is 19.1. The van der Waals surface area contributed by atoms with Crippen LogP contribution < -0.4 is 11.1 Å². The van der Waals surface area contributed by atoms with E-state index >= 15 is 0 Å². The predicted molar refractivity (Wildman–Crippen MR) is 102 cm³/mol. The number of guanidine groups is 1. The Morgan fingerprint density at radius 2 is 1.85 bits per heavy atom. The maximum absolute atomic E-state index is 12.7. The van der Waals surface area contributed by atoms with Crippen LogP contribution in [0.25, 0.3) is 0 Å². The van der Waals surface area contributed by atoms with E-state index in [0.29, 0.717) is 44.8 Å². The van der Waals surface area contributed by atoms with Crippen LogP contribution in [0.15, 0.2) is 29.3 Å². The first-order chi connectivity index (χ1) is 12.5. The molecule has 1 saturated carbocycles. The Bertz CT molecular complexity index is 724. The number of aliphatic imine (C=N–C) groups is 1. The van der Waals surface area contributed by atoms with E-state index in [4.69, 9.17) is 10.5 Å². The first-order valence-electron chi connectivity index (χ1n) is 9.23. The van der Waals surface area contributed by atoms with Crippen molar-refractivity contribution >= 4 is 16.0 Å². The molecule has 1 aliphatic carbocycles. The second-order valence-electron chi connectivity index (χ2n) is 6.86. The number of hydrogen-bond donors (Lipinski definition) is 2. The van der Waals surface area contributed by atoms with E-state index in [-0.39, 0.29) is 5.75 Å². The molecule has 8 heteroatoms. The van der Waals surface area contributed by atoms with Crippen molar-refractivity contribution in [1.29, 1.82) is 0 Å². The number of ether oxygens (including phenoxy) is 1. The summed E-state index contributed by atoms with van der Waals surface area (Å²) in [6, 6.07) is 7.93. The average Bonchev–Trinajstić information content (AvgIpc) is 3.14. The lowest BCUT2D eigenvalue weighted by Crippen LogP contribution is -2.41. The summed E-state index contributed by atoms with van der Waals surface area (Å²) in [7, 11) is -3.36. The van der Waals surface area contributed by atoms with Crippen molar-refractivity contribution in [2.45, 2.75) is 44.0 Å². The van der Waals surface area contributed by atoms with Gasteiger partial charge < -0.3 is 15.8 Å². The lowest BCUT2D eigenvalue weighted by atomic mass is 10.1. The van der Waals surface area contributed by atoms with Crippen LogP contribution in [0.5, 0.6) is 0 Å². The van der Waals surface area contributed by atoms with Crippen LogP contribution in [0, 0.1) is 0 Å². The van der Waals surface area contributed by atoms with Gasteiger partial charge in [0.25, 0.3) is 0 Å². The van der Waals surface area contributed by atoms with Crippen molar-refractivity contribution in [1.82, 2.24) is 9.62 Å². The van der Waals surface area contributed by atoms with Crippen LogP contribution in [0.4, 0.5) is 0 Å². The van der Waals surface area contributed by atoms with Gasteiger partial charge in [-0.25, -0.2) is 13.4 Å². The summed E-state index contributed by atoms with van der Waals surface area (Å²) >= 11 is 0. The zero-order chi connectivity index (χ0) is 18.4. The molecule has 0 aromatic heterocycles. The largest absolute Gasteiger partial charge is 0.379 e. The summed E-state index contributed by atoms with van der Waals surface area (Å²) in [4.78, 5) is 4.42. The third kappa shape index (κ3) is 5.18. The minimum Gasteiger partial charge on any atom is -0.379 e. The van der Waals surface area contributed by atoms with Crippen LogP contribution in [0.1, 0.15) is 36.8 Å². The monoisotopic (exact) mass is 380 g/mol. The fourth-order valence-electron chi connectivity index (χ4n) is 3.46. The Kier molecular flexibility index (Phi) is 6.50. The number of nitrogens with two attached hydrogens (primary N) is 1. The molecule has 2 fully saturated rings. The van der Waals surface area contributed by atoms with E-state index in [2.05, 4.69) is 10.3 Å². The Morgan fingerprint density at radius 3 is 2.54 bits per heavy atom. The smallest absolute Gasteiger partial charge is 0.218 e. The van der Waals surface area contributed by atoms with Gasteiger partial charge in [0.15, 0.2) is 5.96 Å². The second kappa shape index (κ2) is 8.83. The average molecular weight is 381 g/mol. The summed E-state index contributed by atoms with van der Waals surface area (Å²) in [5, 5.41) is 3.26. The van der Waals surface area contributed by atoms with Crippen molar-refractivity contribution in [3.8, 4) is 0 Å². The molecule has 1 aliphatic heterocycles. The van der Waals surface area contributed by atoms with Gasteiger partial charge in [-0.2, -0.15) is 4.31 Å². The van der Waals surface area contributed by atoms with Crippen molar-refractivity contribution in [3.05, 3.63) is 35.4 Å². The number of sulfonamides is 1. The van der Waals surface area contributed by atoms with Crippen molar-refractivity contribution < 1.29 is 13.2 Å². The summed E-state index contributed by atoms with van der Waals surface area (Å²) in [5.41, 5.74) is 7.66. The number of hydrogen-bond acceptors (Lipinski definition) is 4. The highest BCUT2D eigenvalue weighted by atomic mass is 32.2. The molecule has 2 aliphatic rings. The van der Waals surface area contributed by atoms with Crippen molar-refractivity contribution in [2.75, 3.05) is 26.3 Å². The summed E-state index contributed by atoms with van der Waals surface area (Å²) in [5.74, 6) is 0.414. The first-order valence-corrected chi connectivity index (χ1v) is 10.8. The molecule has 0 bridgehead atoms. The van der Waals surface area contributed by atoms with Gasteiger partial charge in [-0.05, 0) is 24.0 Å². The molecule has 0 spiro atoms. The van der Waals surface area contributed by atoms with Gasteiger partial charge in [-0.3, -0.25) is 0 Å². The molecule has 26 heavy (non-hydrogen) atoms. The fraction of sp³-hybridized carbons (Fsp3) is 0.611. The van der Waals surface area contributed by atoms with Gasteiger partial charge in [-0.15, -0.1) is 0 Å². The molecule has 1 heterocycles. The summed E-state index contributed by atoms with van der Waals surface area (Å²) < 4.78 is 32.1. The lowest BCUT2D eigenvalue weighted by molar-refractivity contribution is 0.0729. The summed E-state index contributed by atoms with van der Waals surface area (Å²) in [6.45, 7) is 2.12. The zero-order valence-corrected chi connectivity index (χ0v) is 15.9. The van der Waals surface area contributed by atoms with E-state index in [9.17, 15) is 8.42 Å². The van der Waals surface area contributed by atoms with Gasteiger partial charge in [-0.1, -0.05) is 37.1 Å². The second-order valence-corrected chi connectivity index (χ2v) is 8.83. The minimum absolute atomic E-state index is 0.0192. The summed E-state index contributed by atoms with van der Waals surface area (Å²) in [6.07, 6.45) is 4.72. The predicted octanol–water partition coefficient (Wildman–Crippen LogP) is 1.20. The number of benzene rings is 1. The maximum Gasteiger partial charge on any atom is 0.218 e. The number of morpholine rings is 1. The molecule has 0 unspecified atom stereocenters. The van der Waals surface area contributed by atoms with Gasteiger partial charge in [0.05, 0.1) is 25.5 Å². The van der Waals surface area contributed by atoms with Gasteiger partial charge in [0.1, 0.15) is 0 Å². The Hall–Kier alpha value is -1.64. The quantitative estimate of drug-likeness (QED) is 0.571. The van der Waals surface area contributed by atoms with Gasteiger partial charge in [0, 0.05) is 19.1 Å². The van der Waals surface area contributed by atoms with Crippen LogP contribution in [-0.2, 0) is 27.1 Å². The SMILES string of the molecule is NC(=NCc1ccccc1CS(=O)(=O)N1CCOCC1)NC1CCCC1. The fourth-order valence-corrected chi connectivity index (χ4v) is 5.02. The van der Waals surface area contributed by atoms with Gasteiger partial charge >= 0.3 is 0 Å². The van der Waals surface area contributed by atoms with Crippen LogP contribution in [-0.4, -0.2) is 51.0 Å². The zero-order valence-electron chi connectivity index (χ0n) is 15.1. The highest BCUT2D eigenvalue weighted by molar-refractivity contribution is 7.88. The highest BCUT2D eigenvalue weighted by Gasteiger charge is 2.25. The maximum atomic E-state index is 12.7. The molecule has 1 aromatic rings. The van der Waals surface area contributed by atoms with E-state index in [1.807, 2.05) is 24.3 Å². The number of rotatable bonds is 6. The molecule has 144 valence electrons. The van der Waals surface area contributed by atoms with Crippen LogP contribution in [0.2, 0.25) is 0 Å². The lowest BCUT2D eigenvalue weighted by Gasteiger charge is -2.26. The minimum atomic E-state index is -3.36. The Balaban J connectivity index is 1.65. The van der Waals surface area contributed by atoms with E-state index in [0.717, 1.165) is 24.0 Å². The Morgan fingerprint density at radius 1 is 1.19 bits per heavy atom. The standard InChI is InChI=1S/C18H28N4O3S/c19-18(21-17-7-3-4-8-17)20-13-15-5-1-2-6-16(15)14-26(23,24)22-9-11-25-12-10-22/h1-2,5-6,17H,3-4,7-14H2,(H3,19,20,21). The molecule has 7 nitrogen and oxygen atoms in total. The van der Waals surface area contributed by atoms with E-state index < -0.39 is 10.0 Å². The van der Waals surface area contributed by atoms with Crippen LogP contribution >= 0.6 is 0 Å². The normalized spacial score (nSPS) is 20.4. The van der Waals surface area contributed by atoms with Gasteiger partial charge in [0.2, 0.25) is 10.0 Å². The molecular formula is C18H28N4O3S. The van der Waals surface area contributed by atoms with Crippen molar-refractivity contribution in [3.63, 3.8) is 0 Å². The van der Waals surface area contributed by atoms with E-state index in [1.54, 1.807) is 0 Å². The highest BCUT2D eigenvalue weighted by Crippen LogP contribution is 2.18. The van der Waals surface area contributed by atoms with E-state index in [1.165, 1.54) is 17.1 Å². The molecule has 3 N–H and O–H groups in total. The molecule has 1 aromatic carbocycles. The Labute approximate surface area is 155 Å². The third-order valence-corrected chi connectivity index (χ3v) is 6.77. The molecule has 3 rings (SSSR count). The topological polar surface area (TPSA) is 97.0 Å². The molecule has 0 amide bonds. The molecule has 1 saturated heterocycles. The molecule has 0 radical (unpaired) electrons. The molecule has 0 atom stereocenters. The third-order valence-electron chi connectivity index (χ3n) is 4.95. The van der Waals surface area contributed by atoms with Crippen molar-refractivity contribution in [2.24, 2.45) is 10.7 Å². The van der Waals surface area contributed by atoms with Crippen LogP contribution in [0.3, 0.4) is 0 Å². The number of nitrogens with zero attached hydrogens (tertiary/aromatic N) is 2. The number of nitrogens with one attached hydrogen (secondary N) is 1. The molecular weight excluding hydrogens is 352 g/mol.